The average Bonchev–Trinajstić information content (AvgIpc) is 3.12. The van der Waals surface area contributed by atoms with Crippen LogP contribution in [0.3, 0.4) is 0 Å². The molecule has 1 heterocycles. The average molecular weight is 520 g/mol. The van der Waals surface area contributed by atoms with Gasteiger partial charge < -0.3 is 20.1 Å². The fourth-order valence-corrected chi connectivity index (χ4v) is 4.09. The fraction of sp³-hybridized carbons (Fsp3) is 0.179. The van der Waals surface area contributed by atoms with Crippen molar-refractivity contribution in [2.75, 3.05) is 31.0 Å². The van der Waals surface area contributed by atoms with Gasteiger partial charge in [-0.2, -0.15) is 0 Å². The Hall–Kier alpha value is -4.30. The maximum atomic E-state index is 13.0. The quantitative estimate of drug-likeness (QED) is 0.406. The molecule has 3 amide bonds. The van der Waals surface area contributed by atoms with Gasteiger partial charge in [-0.3, -0.25) is 14.4 Å². The molecule has 3 aromatic rings. The molecule has 0 spiro atoms. The number of rotatable bonds is 9. The number of methoxy groups -OCH3 is 2. The van der Waals surface area contributed by atoms with E-state index < -0.39 is 11.8 Å². The van der Waals surface area contributed by atoms with Crippen molar-refractivity contribution in [1.82, 2.24) is 5.32 Å². The first-order valence-electron chi connectivity index (χ1n) is 11.5. The number of carbonyl (C=O) groups excluding carboxylic acids is 3. The van der Waals surface area contributed by atoms with Gasteiger partial charge >= 0.3 is 0 Å². The minimum absolute atomic E-state index is 0.0433. The second-order valence-corrected chi connectivity index (χ2v) is 8.75. The third-order valence-corrected chi connectivity index (χ3v) is 6.21. The van der Waals surface area contributed by atoms with Crippen LogP contribution in [0.4, 0.5) is 11.4 Å². The van der Waals surface area contributed by atoms with E-state index in [4.69, 9.17) is 21.1 Å². The lowest BCUT2D eigenvalue weighted by Crippen LogP contribution is -2.32. The standard InChI is InChI=1S/C28H26ClN3O5/c1-17-7-10-21(11-8-17)32-27(34)24(29)25(28(32)35)31-20-6-4-5-19(16-20)26(33)30-14-13-18-9-12-22(36-2)23(15-18)37-3/h4-12,15-16,31H,13-14H2,1-3H3,(H,30,33). The van der Waals surface area contributed by atoms with Gasteiger partial charge in [0.1, 0.15) is 10.7 Å². The Bertz CT molecular complexity index is 1380. The SMILES string of the molecule is COc1ccc(CCNC(=O)c2cccc(NC3=C(Cl)C(=O)N(c4ccc(C)cc4)C3=O)c2)cc1OC. The maximum Gasteiger partial charge on any atom is 0.283 e. The number of imide groups is 1. The lowest BCUT2D eigenvalue weighted by molar-refractivity contribution is -0.120. The molecule has 37 heavy (non-hydrogen) atoms. The third kappa shape index (κ3) is 5.59. The van der Waals surface area contributed by atoms with Crippen LogP contribution >= 0.6 is 11.6 Å². The number of carbonyl (C=O) groups is 3. The Kier molecular flexibility index (Phi) is 7.79. The molecule has 4 rings (SSSR count). The molecule has 1 aliphatic rings. The summed E-state index contributed by atoms with van der Waals surface area (Å²) in [5.74, 6) is -0.191. The number of ether oxygens (including phenoxy) is 2. The molecular formula is C28H26ClN3O5. The normalized spacial score (nSPS) is 13.1. The highest BCUT2D eigenvalue weighted by molar-refractivity contribution is 6.53. The molecule has 0 saturated carbocycles. The fourth-order valence-electron chi connectivity index (χ4n) is 3.88. The number of benzene rings is 3. The molecule has 0 bridgehead atoms. The van der Waals surface area contributed by atoms with Crippen molar-refractivity contribution in [3.05, 3.63) is 94.1 Å². The molecular weight excluding hydrogens is 494 g/mol. The summed E-state index contributed by atoms with van der Waals surface area (Å²) < 4.78 is 10.6. The Labute approximate surface area is 219 Å². The summed E-state index contributed by atoms with van der Waals surface area (Å²) in [4.78, 5) is 39.5. The Morgan fingerprint density at radius 3 is 2.35 bits per heavy atom. The molecule has 0 saturated heterocycles. The number of hydrogen-bond donors (Lipinski definition) is 2. The second-order valence-electron chi connectivity index (χ2n) is 8.37. The van der Waals surface area contributed by atoms with Crippen LogP contribution in [0.2, 0.25) is 0 Å². The third-order valence-electron chi connectivity index (χ3n) is 5.86. The van der Waals surface area contributed by atoms with E-state index >= 15 is 0 Å². The number of halogens is 1. The van der Waals surface area contributed by atoms with Crippen molar-refractivity contribution in [3.8, 4) is 11.5 Å². The zero-order valence-corrected chi connectivity index (χ0v) is 21.4. The molecule has 3 aromatic carbocycles. The lowest BCUT2D eigenvalue weighted by Gasteiger charge is -2.15. The summed E-state index contributed by atoms with van der Waals surface area (Å²) in [6, 6.07) is 19.2. The molecule has 0 unspecified atom stereocenters. The summed E-state index contributed by atoms with van der Waals surface area (Å²) >= 11 is 6.23. The monoisotopic (exact) mass is 519 g/mol. The number of nitrogens with one attached hydrogen (secondary N) is 2. The van der Waals surface area contributed by atoms with Gasteiger partial charge in [0.2, 0.25) is 0 Å². The first-order valence-corrected chi connectivity index (χ1v) is 11.9. The molecule has 8 nitrogen and oxygen atoms in total. The molecule has 0 aliphatic carbocycles. The van der Waals surface area contributed by atoms with E-state index in [1.807, 2.05) is 37.3 Å². The number of nitrogens with zero attached hydrogens (tertiary/aromatic N) is 1. The van der Waals surface area contributed by atoms with Crippen LogP contribution in [0.5, 0.6) is 11.5 Å². The minimum atomic E-state index is -0.609. The van der Waals surface area contributed by atoms with Gasteiger partial charge in [0.25, 0.3) is 17.7 Å². The smallest absolute Gasteiger partial charge is 0.283 e. The summed E-state index contributed by atoms with van der Waals surface area (Å²) in [5.41, 5.74) is 3.21. The van der Waals surface area contributed by atoms with Gasteiger partial charge in [0.05, 0.1) is 19.9 Å². The zero-order valence-electron chi connectivity index (χ0n) is 20.6. The predicted octanol–water partition coefficient (Wildman–Crippen LogP) is 4.42. The Morgan fingerprint density at radius 1 is 0.919 bits per heavy atom. The van der Waals surface area contributed by atoms with Crippen molar-refractivity contribution in [3.63, 3.8) is 0 Å². The van der Waals surface area contributed by atoms with E-state index in [9.17, 15) is 14.4 Å². The Balaban J connectivity index is 1.40. The van der Waals surface area contributed by atoms with E-state index in [0.717, 1.165) is 16.0 Å². The lowest BCUT2D eigenvalue weighted by atomic mass is 10.1. The highest BCUT2D eigenvalue weighted by Crippen LogP contribution is 2.30. The van der Waals surface area contributed by atoms with Crippen molar-refractivity contribution in [2.24, 2.45) is 0 Å². The molecule has 1 aliphatic heterocycles. The molecule has 190 valence electrons. The molecule has 0 atom stereocenters. The van der Waals surface area contributed by atoms with Crippen molar-refractivity contribution >= 4 is 40.7 Å². The van der Waals surface area contributed by atoms with Crippen LogP contribution in [0, 0.1) is 6.92 Å². The topological polar surface area (TPSA) is 97.0 Å². The second kappa shape index (κ2) is 11.2. The first kappa shape index (κ1) is 25.8. The predicted molar refractivity (Wildman–Crippen MR) is 142 cm³/mol. The van der Waals surface area contributed by atoms with Crippen LogP contribution in [0.15, 0.2) is 77.5 Å². The van der Waals surface area contributed by atoms with Crippen molar-refractivity contribution in [1.29, 1.82) is 0 Å². The maximum absolute atomic E-state index is 13.0. The van der Waals surface area contributed by atoms with Gasteiger partial charge in [0.15, 0.2) is 11.5 Å². The van der Waals surface area contributed by atoms with Crippen molar-refractivity contribution in [2.45, 2.75) is 13.3 Å². The van der Waals surface area contributed by atoms with Crippen LogP contribution in [-0.4, -0.2) is 38.5 Å². The van der Waals surface area contributed by atoms with Gasteiger partial charge in [0, 0.05) is 17.8 Å². The molecule has 0 aromatic heterocycles. The number of hydrogen-bond acceptors (Lipinski definition) is 6. The largest absolute Gasteiger partial charge is 0.493 e. The number of amides is 3. The van der Waals surface area contributed by atoms with Crippen LogP contribution < -0.4 is 25.0 Å². The van der Waals surface area contributed by atoms with E-state index in [-0.39, 0.29) is 16.6 Å². The van der Waals surface area contributed by atoms with Crippen LogP contribution in [-0.2, 0) is 16.0 Å². The summed E-state index contributed by atoms with van der Waals surface area (Å²) in [6.45, 7) is 2.32. The first-order chi connectivity index (χ1) is 17.8. The molecule has 0 fully saturated rings. The van der Waals surface area contributed by atoms with Gasteiger partial charge in [-0.1, -0.05) is 41.4 Å². The zero-order chi connectivity index (χ0) is 26.5. The summed E-state index contributed by atoms with van der Waals surface area (Å²) in [5, 5.41) is 5.59. The van der Waals surface area contributed by atoms with Crippen LogP contribution in [0.1, 0.15) is 21.5 Å². The van der Waals surface area contributed by atoms with Crippen LogP contribution in [0.25, 0.3) is 0 Å². The summed E-state index contributed by atoms with van der Waals surface area (Å²) in [6.07, 6.45) is 0.595. The van der Waals surface area contributed by atoms with Gasteiger partial charge in [-0.25, -0.2) is 4.90 Å². The summed E-state index contributed by atoms with van der Waals surface area (Å²) in [7, 11) is 3.15. The minimum Gasteiger partial charge on any atom is -0.493 e. The number of aryl methyl sites for hydroxylation is 1. The molecule has 0 radical (unpaired) electrons. The van der Waals surface area contributed by atoms with E-state index in [1.54, 1.807) is 50.6 Å². The van der Waals surface area contributed by atoms with E-state index in [2.05, 4.69) is 10.6 Å². The van der Waals surface area contributed by atoms with E-state index in [0.29, 0.717) is 41.4 Å². The van der Waals surface area contributed by atoms with Gasteiger partial charge in [-0.15, -0.1) is 0 Å². The van der Waals surface area contributed by atoms with E-state index in [1.165, 1.54) is 0 Å². The van der Waals surface area contributed by atoms with Gasteiger partial charge in [-0.05, 0) is 61.4 Å². The molecule has 2 N–H and O–H groups in total. The Morgan fingerprint density at radius 2 is 1.65 bits per heavy atom. The van der Waals surface area contributed by atoms with Crippen molar-refractivity contribution < 1.29 is 23.9 Å². The highest BCUT2D eigenvalue weighted by atomic mass is 35.5. The number of anilines is 2. The highest BCUT2D eigenvalue weighted by Gasteiger charge is 2.38. The molecule has 9 heteroatoms.